The number of fused-ring (bicyclic) bond motifs is 3. The zero-order valence-corrected chi connectivity index (χ0v) is 11.1. The van der Waals surface area contributed by atoms with Crippen molar-refractivity contribution < 1.29 is 0 Å². The molecule has 0 bridgehead atoms. The van der Waals surface area contributed by atoms with Crippen LogP contribution in [0.2, 0.25) is 0 Å². The number of hydrogen-bond acceptors (Lipinski definition) is 2. The number of anilines is 1. The maximum atomic E-state index is 6.13. The van der Waals surface area contributed by atoms with Gasteiger partial charge in [0.1, 0.15) is 0 Å². The molecule has 1 aromatic heterocycles. The van der Waals surface area contributed by atoms with E-state index in [0.29, 0.717) is 0 Å². The van der Waals surface area contributed by atoms with Gasteiger partial charge in [-0.1, -0.05) is 12.1 Å². The highest BCUT2D eigenvalue weighted by Crippen LogP contribution is 2.22. The molecule has 1 atom stereocenters. The van der Waals surface area contributed by atoms with Crippen LogP contribution in [0.15, 0.2) is 18.2 Å². The Morgan fingerprint density at radius 1 is 1.39 bits per heavy atom. The largest absolute Gasteiger partial charge is 0.398 e. The topological polar surface area (TPSA) is 53.8 Å². The molecule has 0 fully saturated rings. The number of nitrogens with one attached hydrogen (secondary N) is 2. The summed E-state index contributed by atoms with van der Waals surface area (Å²) in [6.07, 6.45) is 3.31. The molecule has 1 unspecified atom stereocenters. The van der Waals surface area contributed by atoms with Crippen LogP contribution in [-0.4, -0.2) is 17.6 Å². The van der Waals surface area contributed by atoms with Gasteiger partial charge in [0.15, 0.2) is 0 Å². The lowest BCUT2D eigenvalue weighted by Crippen LogP contribution is -2.45. The van der Waals surface area contributed by atoms with Crippen LogP contribution in [0.3, 0.4) is 0 Å². The Bertz CT molecular complexity index is 739. The lowest BCUT2D eigenvalue weighted by molar-refractivity contribution is 0.514. The van der Waals surface area contributed by atoms with Crippen molar-refractivity contribution in [2.45, 2.75) is 25.8 Å². The van der Waals surface area contributed by atoms with Gasteiger partial charge in [-0.15, -0.1) is 0 Å². The molecule has 1 aromatic carbocycles. The Balaban J connectivity index is 2.52. The molecule has 3 rings (SSSR count). The number of aromatic nitrogens is 1. The van der Waals surface area contributed by atoms with Crippen LogP contribution in [0.1, 0.15) is 20.3 Å². The molecule has 0 spiro atoms. The summed E-state index contributed by atoms with van der Waals surface area (Å²) in [6, 6.07) is 6.04. The fraction of sp³-hybridized carbons (Fsp3) is 0.333. The predicted molar refractivity (Wildman–Crippen MR) is 77.6 cm³/mol. The average Bonchev–Trinajstić information content (AvgIpc) is 2.69. The van der Waals surface area contributed by atoms with E-state index in [1.165, 1.54) is 16.1 Å². The molecule has 0 aliphatic heterocycles. The molecular weight excluding hydrogens is 222 g/mol. The van der Waals surface area contributed by atoms with E-state index in [4.69, 9.17) is 5.73 Å². The molecule has 1 aliphatic carbocycles. The van der Waals surface area contributed by atoms with E-state index >= 15 is 0 Å². The molecule has 0 saturated heterocycles. The standard InChI is InChI=1S/C15H19N3/c1-9-7-15(2,17-3)8-10-13-11(16)5-4-6-12(13)18-14(9)10/h4-6,8,17-18H,7,16H2,1-3H3. The Morgan fingerprint density at radius 2 is 2.17 bits per heavy atom. The van der Waals surface area contributed by atoms with Crippen LogP contribution in [-0.2, 0) is 0 Å². The monoisotopic (exact) mass is 241 g/mol. The first-order valence-electron chi connectivity index (χ1n) is 6.32. The average molecular weight is 241 g/mol. The molecule has 1 aliphatic rings. The minimum Gasteiger partial charge on any atom is -0.398 e. The Hall–Kier alpha value is -1.74. The summed E-state index contributed by atoms with van der Waals surface area (Å²) in [5, 5.41) is 7.01. The number of benzene rings is 1. The lowest BCUT2D eigenvalue weighted by atomic mass is 9.88. The molecule has 3 nitrogen and oxygen atoms in total. The maximum absolute atomic E-state index is 6.13. The van der Waals surface area contributed by atoms with Gasteiger partial charge in [0.05, 0.1) is 0 Å². The molecular formula is C15H19N3. The molecule has 0 amide bonds. The second-order valence-electron chi connectivity index (χ2n) is 5.45. The smallest absolute Gasteiger partial charge is 0.0485 e. The molecule has 18 heavy (non-hydrogen) atoms. The summed E-state index contributed by atoms with van der Waals surface area (Å²) in [5.41, 5.74) is 9.48. The molecule has 0 saturated carbocycles. The molecule has 2 aromatic rings. The molecule has 4 N–H and O–H groups in total. The zero-order chi connectivity index (χ0) is 12.9. The van der Waals surface area contributed by atoms with Crippen LogP contribution in [0.5, 0.6) is 0 Å². The molecule has 1 heterocycles. The summed E-state index contributed by atoms with van der Waals surface area (Å²) in [4.78, 5) is 3.49. The maximum Gasteiger partial charge on any atom is 0.0485 e. The minimum absolute atomic E-state index is 0.00842. The van der Waals surface area contributed by atoms with Crippen LogP contribution < -0.4 is 21.6 Å². The first-order valence-corrected chi connectivity index (χ1v) is 6.32. The van der Waals surface area contributed by atoms with Crippen molar-refractivity contribution >= 4 is 28.2 Å². The fourth-order valence-corrected chi connectivity index (χ4v) is 2.95. The number of nitrogen functional groups attached to an aromatic ring is 1. The van der Waals surface area contributed by atoms with E-state index < -0.39 is 0 Å². The van der Waals surface area contributed by atoms with E-state index in [0.717, 1.165) is 23.0 Å². The van der Waals surface area contributed by atoms with Gasteiger partial charge in [-0.2, -0.15) is 0 Å². The van der Waals surface area contributed by atoms with Gasteiger partial charge < -0.3 is 16.0 Å². The van der Waals surface area contributed by atoms with Gasteiger partial charge >= 0.3 is 0 Å². The first-order chi connectivity index (χ1) is 8.54. The summed E-state index contributed by atoms with van der Waals surface area (Å²) >= 11 is 0. The van der Waals surface area contributed by atoms with Crippen LogP contribution >= 0.6 is 0 Å². The second kappa shape index (κ2) is 3.62. The van der Waals surface area contributed by atoms with Crippen molar-refractivity contribution in [2.24, 2.45) is 0 Å². The highest BCUT2D eigenvalue weighted by Gasteiger charge is 2.24. The van der Waals surface area contributed by atoms with Crippen LogP contribution in [0.4, 0.5) is 5.69 Å². The Kier molecular flexibility index (Phi) is 2.29. The third kappa shape index (κ3) is 1.47. The lowest BCUT2D eigenvalue weighted by Gasteiger charge is -2.28. The van der Waals surface area contributed by atoms with Crippen molar-refractivity contribution in [3.63, 3.8) is 0 Å². The van der Waals surface area contributed by atoms with Gasteiger partial charge in [0, 0.05) is 32.7 Å². The van der Waals surface area contributed by atoms with Crippen LogP contribution in [0.25, 0.3) is 22.6 Å². The molecule has 3 heteroatoms. The van der Waals surface area contributed by atoms with Crippen molar-refractivity contribution in [1.29, 1.82) is 0 Å². The second-order valence-corrected chi connectivity index (χ2v) is 5.45. The Morgan fingerprint density at radius 3 is 2.89 bits per heavy atom. The Labute approximate surface area is 106 Å². The summed E-state index contributed by atoms with van der Waals surface area (Å²) in [5.74, 6) is 0. The minimum atomic E-state index is 0.00842. The summed E-state index contributed by atoms with van der Waals surface area (Å²) in [7, 11) is 2.01. The fourth-order valence-electron chi connectivity index (χ4n) is 2.95. The van der Waals surface area contributed by atoms with E-state index in [1.807, 2.05) is 19.2 Å². The van der Waals surface area contributed by atoms with Crippen molar-refractivity contribution in [3.05, 3.63) is 28.8 Å². The van der Waals surface area contributed by atoms with E-state index in [-0.39, 0.29) is 5.54 Å². The van der Waals surface area contributed by atoms with Gasteiger partial charge in [0.25, 0.3) is 0 Å². The summed E-state index contributed by atoms with van der Waals surface area (Å²) in [6.45, 7) is 4.41. The molecule has 0 radical (unpaired) electrons. The number of H-pyrrole nitrogens is 1. The normalized spacial score (nSPS) is 22.9. The van der Waals surface area contributed by atoms with E-state index in [9.17, 15) is 0 Å². The third-order valence-electron chi connectivity index (χ3n) is 3.99. The van der Waals surface area contributed by atoms with Crippen LogP contribution in [0, 0.1) is 0 Å². The SMILES string of the molecule is CNC1(C)C=c2c([nH]c3cccc(N)c23)=C(C)C1. The van der Waals surface area contributed by atoms with E-state index in [1.54, 1.807) is 0 Å². The number of nitrogens with two attached hydrogens (primary N) is 1. The van der Waals surface area contributed by atoms with Crippen molar-refractivity contribution in [2.75, 3.05) is 12.8 Å². The quantitative estimate of drug-likeness (QED) is 0.654. The number of hydrogen-bond donors (Lipinski definition) is 3. The van der Waals surface area contributed by atoms with Crippen molar-refractivity contribution in [1.82, 2.24) is 10.3 Å². The first kappa shape index (κ1) is 11.4. The van der Waals surface area contributed by atoms with Gasteiger partial charge in [-0.05, 0) is 45.0 Å². The molecule has 94 valence electrons. The van der Waals surface area contributed by atoms with Crippen molar-refractivity contribution in [3.8, 4) is 0 Å². The van der Waals surface area contributed by atoms with Gasteiger partial charge in [-0.3, -0.25) is 0 Å². The predicted octanol–water partition coefficient (Wildman–Crippen LogP) is 1.08. The number of aromatic amines is 1. The highest BCUT2D eigenvalue weighted by molar-refractivity contribution is 5.93. The highest BCUT2D eigenvalue weighted by atomic mass is 14.9. The third-order valence-corrected chi connectivity index (χ3v) is 3.99. The van der Waals surface area contributed by atoms with Gasteiger partial charge in [0.2, 0.25) is 0 Å². The summed E-state index contributed by atoms with van der Waals surface area (Å²) < 4.78 is 0. The van der Waals surface area contributed by atoms with Gasteiger partial charge in [-0.25, -0.2) is 0 Å². The number of rotatable bonds is 1. The zero-order valence-electron chi connectivity index (χ0n) is 11.1. The van der Waals surface area contributed by atoms with E-state index in [2.05, 4.69) is 36.3 Å².